The highest BCUT2D eigenvalue weighted by atomic mass is 35.5. The molecule has 0 aromatic heterocycles. The summed E-state index contributed by atoms with van der Waals surface area (Å²) < 4.78 is 11.3. The van der Waals surface area contributed by atoms with Crippen molar-refractivity contribution in [1.82, 2.24) is 0 Å². The van der Waals surface area contributed by atoms with E-state index in [1.54, 1.807) is 49.6 Å². The van der Waals surface area contributed by atoms with Crippen LogP contribution in [0.25, 0.3) is 6.08 Å². The van der Waals surface area contributed by atoms with Crippen LogP contribution in [-0.4, -0.2) is 18.3 Å². The van der Waals surface area contributed by atoms with E-state index >= 15 is 0 Å². The lowest BCUT2D eigenvalue weighted by Gasteiger charge is -2.12. The Labute approximate surface area is 189 Å². The van der Waals surface area contributed by atoms with E-state index in [2.05, 4.69) is 0 Å². The molecule has 1 aliphatic rings. The van der Waals surface area contributed by atoms with Crippen LogP contribution >= 0.6 is 23.4 Å². The molecule has 31 heavy (non-hydrogen) atoms. The summed E-state index contributed by atoms with van der Waals surface area (Å²) in [6.45, 7) is 0.364. The largest absolute Gasteiger partial charge is 0.493 e. The van der Waals surface area contributed by atoms with Gasteiger partial charge in [0, 0.05) is 5.02 Å². The smallest absolute Gasteiger partial charge is 0.298 e. The zero-order valence-corrected chi connectivity index (χ0v) is 18.2. The molecule has 0 aliphatic carbocycles. The van der Waals surface area contributed by atoms with Crippen molar-refractivity contribution in [2.45, 2.75) is 6.61 Å². The third-order valence-corrected chi connectivity index (χ3v) is 5.72. The fourth-order valence-electron chi connectivity index (χ4n) is 3.05. The van der Waals surface area contributed by atoms with Crippen LogP contribution < -0.4 is 14.4 Å². The number of imide groups is 1. The van der Waals surface area contributed by atoms with Gasteiger partial charge in [0.15, 0.2) is 11.5 Å². The van der Waals surface area contributed by atoms with Gasteiger partial charge in [-0.05, 0) is 65.4 Å². The third-order valence-electron chi connectivity index (χ3n) is 4.60. The summed E-state index contributed by atoms with van der Waals surface area (Å²) in [6, 6.07) is 21.6. The number of para-hydroxylation sites is 1. The molecule has 156 valence electrons. The normalized spacial score (nSPS) is 14.9. The number of halogens is 1. The molecule has 5 nitrogen and oxygen atoms in total. The standard InChI is InChI=1S/C24H18ClNO4S/c1-29-21-13-17(9-12-20(21)30-15-16-7-10-18(25)11-8-16)14-22-23(27)26(24(28)31-22)19-5-3-2-4-6-19/h2-14H,15H2,1H3/b22-14-. The number of carbonyl (C=O) groups excluding carboxylic acids is 2. The first-order valence-electron chi connectivity index (χ1n) is 9.43. The van der Waals surface area contributed by atoms with E-state index in [1.165, 1.54) is 4.90 Å². The van der Waals surface area contributed by atoms with Crippen LogP contribution in [0.5, 0.6) is 11.5 Å². The predicted octanol–water partition coefficient (Wildman–Crippen LogP) is 6.17. The maximum absolute atomic E-state index is 12.8. The first-order chi connectivity index (χ1) is 15.0. The fourth-order valence-corrected chi connectivity index (χ4v) is 4.02. The third kappa shape index (κ3) is 4.76. The van der Waals surface area contributed by atoms with Crippen molar-refractivity contribution in [1.29, 1.82) is 0 Å². The molecule has 1 aliphatic heterocycles. The van der Waals surface area contributed by atoms with Gasteiger partial charge >= 0.3 is 0 Å². The summed E-state index contributed by atoms with van der Waals surface area (Å²) in [7, 11) is 1.55. The number of anilines is 1. The molecule has 2 amide bonds. The second-order valence-corrected chi connectivity index (χ2v) is 8.11. The quantitative estimate of drug-likeness (QED) is 0.419. The number of rotatable bonds is 6. The number of hydrogen-bond acceptors (Lipinski definition) is 5. The second-order valence-electron chi connectivity index (χ2n) is 6.68. The van der Waals surface area contributed by atoms with Crippen molar-refractivity contribution in [2.75, 3.05) is 12.0 Å². The Morgan fingerprint density at radius 1 is 0.968 bits per heavy atom. The Morgan fingerprint density at radius 2 is 1.71 bits per heavy atom. The van der Waals surface area contributed by atoms with Gasteiger partial charge in [0.25, 0.3) is 11.1 Å². The van der Waals surface area contributed by atoms with Gasteiger partial charge in [-0.2, -0.15) is 0 Å². The van der Waals surface area contributed by atoms with Crippen LogP contribution in [0, 0.1) is 0 Å². The Balaban J connectivity index is 1.52. The maximum atomic E-state index is 12.8. The molecule has 0 spiro atoms. The first-order valence-corrected chi connectivity index (χ1v) is 10.6. The van der Waals surface area contributed by atoms with Crippen molar-refractivity contribution in [3.63, 3.8) is 0 Å². The average Bonchev–Trinajstić information content (AvgIpc) is 3.07. The summed E-state index contributed by atoms with van der Waals surface area (Å²) >= 11 is 6.82. The van der Waals surface area contributed by atoms with Gasteiger partial charge in [0.2, 0.25) is 0 Å². The van der Waals surface area contributed by atoms with E-state index in [1.807, 2.05) is 36.4 Å². The highest BCUT2D eigenvalue weighted by molar-refractivity contribution is 8.19. The summed E-state index contributed by atoms with van der Waals surface area (Å²) in [5.41, 5.74) is 2.26. The van der Waals surface area contributed by atoms with Crippen molar-refractivity contribution < 1.29 is 19.1 Å². The minimum Gasteiger partial charge on any atom is -0.493 e. The SMILES string of the molecule is COc1cc(/C=C2\SC(=O)N(c3ccccc3)C2=O)ccc1OCc1ccc(Cl)cc1. The Hall–Kier alpha value is -3.22. The zero-order chi connectivity index (χ0) is 21.8. The van der Waals surface area contributed by atoms with Gasteiger partial charge in [0.1, 0.15) is 6.61 Å². The van der Waals surface area contributed by atoms with Crippen molar-refractivity contribution in [2.24, 2.45) is 0 Å². The minimum atomic E-state index is -0.344. The minimum absolute atomic E-state index is 0.322. The molecule has 7 heteroatoms. The molecular weight excluding hydrogens is 434 g/mol. The van der Waals surface area contributed by atoms with Crippen LogP contribution in [0.3, 0.4) is 0 Å². The number of nitrogens with zero attached hydrogens (tertiary/aromatic N) is 1. The molecule has 0 radical (unpaired) electrons. The molecule has 0 saturated carbocycles. The van der Waals surface area contributed by atoms with Gasteiger partial charge in [0.05, 0.1) is 17.7 Å². The Kier molecular flexibility index (Phi) is 6.30. The van der Waals surface area contributed by atoms with Crippen molar-refractivity contribution in [3.8, 4) is 11.5 Å². The molecule has 3 aromatic rings. The van der Waals surface area contributed by atoms with Gasteiger partial charge < -0.3 is 9.47 Å². The van der Waals surface area contributed by atoms with Crippen LogP contribution in [0.2, 0.25) is 5.02 Å². The van der Waals surface area contributed by atoms with Gasteiger partial charge in [-0.1, -0.05) is 48.0 Å². The lowest BCUT2D eigenvalue weighted by Crippen LogP contribution is -2.27. The lowest BCUT2D eigenvalue weighted by molar-refractivity contribution is -0.113. The summed E-state index contributed by atoms with van der Waals surface area (Å²) in [4.78, 5) is 26.7. The van der Waals surface area contributed by atoms with E-state index in [4.69, 9.17) is 21.1 Å². The lowest BCUT2D eigenvalue weighted by atomic mass is 10.1. The van der Waals surface area contributed by atoms with Crippen LogP contribution in [0.1, 0.15) is 11.1 Å². The zero-order valence-electron chi connectivity index (χ0n) is 16.6. The number of methoxy groups -OCH3 is 1. The van der Waals surface area contributed by atoms with Gasteiger partial charge in [-0.3, -0.25) is 9.59 Å². The molecule has 1 fully saturated rings. The summed E-state index contributed by atoms with van der Waals surface area (Å²) in [6.07, 6.45) is 1.68. The molecule has 0 unspecified atom stereocenters. The number of carbonyl (C=O) groups is 2. The van der Waals surface area contributed by atoms with Crippen molar-refractivity contribution >= 4 is 46.3 Å². The van der Waals surface area contributed by atoms with E-state index in [0.29, 0.717) is 33.7 Å². The van der Waals surface area contributed by atoms with Crippen LogP contribution in [-0.2, 0) is 11.4 Å². The van der Waals surface area contributed by atoms with Crippen LogP contribution in [0.15, 0.2) is 77.7 Å². The number of amides is 2. The summed E-state index contributed by atoms with van der Waals surface area (Å²) in [5, 5.41) is 0.347. The molecule has 0 N–H and O–H groups in total. The molecule has 4 rings (SSSR count). The number of hydrogen-bond donors (Lipinski definition) is 0. The Bertz CT molecular complexity index is 1150. The van der Waals surface area contributed by atoms with Gasteiger partial charge in [-0.15, -0.1) is 0 Å². The van der Waals surface area contributed by atoms with E-state index in [-0.39, 0.29) is 11.1 Å². The molecule has 0 atom stereocenters. The topological polar surface area (TPSA) is 55.8 Å². The van der Waals surface area contributed by atoms with E-state index in [9.17, 15) is 9.59 Å². The molecule has 1 saturated heterocycles. The predicted molar refractivity (Wildman–Crippen MR) is 124 cm³/mol. The maximum Gasteiger partial charge on any atom is 0.298 e. The number of ether oxygens (including phenoxy) is 2. The van der Waals surface area contributed by atoms with E-state index < -0.39 is 0 Å². The monoisotopic (exact) mass is 451 g/mol. The van der Waals surface area contributed by atoms with E-state index in [0.717, 1.165) is 22.9 Å². The number of thioether (sulfide) groups is 1. The van der Waals surface area contributed by atoms with Gasteiger partial charge in [-0.25, -0.2) is 4.90 Å². The fraction of sp³-hybridized carbons (Fsp3) is 0.0833. The highest BCUT2D eigenvalue weighted by Gasteiger charge is 2.36. The summed E-state index contributed by atoms with van der Waals surface area (Å²) in [5.74, 6) is 0.764. The second kappa shape index (κ2) is 9.29. The Morgan fingerprint density at radius 3 is 2.42 bits per heavy atom. The molecule has 1 heterocycles. The highest BCUT2D eigenvalue weighted by Crippen LogP contribution is 2.37. The first kappa shape index (κ1) is 21.0. The average molecular weight is 452 g/mol. The molecule has 0 bridgehead atoms. The number of benzene rings is 3. The molecular formula is C24H18ClNO4S. The molecule has 3 aromatic carbocycles. The van der Waals surface area contributed by atoms with Crippen LogP contribution in [0.4, 0.5) is 10.5 Å². The van der Waals surface area contributed by atoms with Crippen molar-refractivity contribution in [3.05, 3.63) is 93.9 Å².